The van der Waals surface area contributed by atoms with Gasteiger partial charge in [-0.2, -0.15) is 9.50 Å². The van der Waals surface area contributed by atoms with Crippen molar-refractivity contribution < 1.29 is 0 Å². The van der Waals surface area contributed by atoms with Crippen molar-refractivity contribution in [1.82, 2.24) is 14.6 Å². The molecule has 2 heterocycles. The average Bonchev–Trinajstić information content (AvgIpc) is 3.14. The maximum atomic E-state index is 12.5. The van der Waals surface area contributed by atoms with Gasteiger partial charge >= 0.3 is 0 Å². The Morgan fingerprint density at radius 3 is 2.56 bits per heavy atom. The Hall–Kier alpha value is -2.57. The molecule has 4 nitrogen and oxygen atoms in total. The van der Waals surface area contributed by atoms with Crippen molar-refractivity contribution in [3.05, 3.63) is 90.9 Å². The summed E-state index contributed by atoms with van der Waals surface area (Å²) in [4.78, 5) is 17.5. The molecule has 0 aliphatic rings. The number of fused-ring (bicyclic) bond motifs is 1. The Balaban J connectivity index is 1.70. The van der Waals surface area contributed by atoms with E-state index in [4.69, 9.17) is 0 Å². The van der Waals surface area contributed by atoms with Gasteiger partial charge in [-0.15, -0.1) is 5.10 Å². The largest absolute Gasteiger partial charge is 0.291 e. The lowest BCUT2D eigenvalue weighted by Crippen LogP contribution is -2.23. The Kier molecular flexibility index (Phi) is 4.29. The Morgan fingerprint density at radius 2 is 1.80 bits per heavy atom. The van der Waals surface area contributed by atoms with E-state index in [1.54, 1.807) is 0 Å². The van der Waals surface area contributed by atoms with Gasteiger partial charge in [0.2, 0.25) is 4.96 Å². The third-order valence-corrected chi connectivity index (χ3v) is 5.02. The highest BCUT2D eigenvalue weighted by Crippen LogP contribution is 2.12. The molecule has 2 aromatic carbocycles. The van der Waals surface area contributed by atoms with E-state index < -0.39 is 0 Å². The molecule has 4 aromatic rings. The van der Waals surface area contributed by atoms with Crippen molar-refractivity contribution in [3.63, 3.8) is 0 Å². The van der Waals surface area contributed by atoms with Crippen LogP contribution in [0.4, 0.5) is 0 Å². The zero-order valence-corrected chi connectivity index (χ0v) is 15.4. The summed E-state index contributed by atoms with van der Waals surface area (Å²) in [6.45, 7) is 0. The van der Waals surface area contributed by atoms with Gasteiger partial charge in [-0.25, -0.2) is 0 Å². The Bertz CT molecular complexity index is 1180. The minimum absolute atomic E-state index is 0.146. The van der Waals surface area contributed by atoms with Gasteiger partial charge < -0.3 is 0 Å². The van der Waals surface area contributed by atoms with E-state index in [0.717, 1.165) is 15.6 Å². The summed E-state index contributed by atoms with van der Waals surface area (Å²) in [7, 11) is 0. The summed E-state index contributed by atoms with van der Waals surface area (Å²) in [5, 5.41) is 4.29. The van der Waals surface area contributed by atoms with E-state index >= 15 is 0 Å². The van der Waals surface area contributed by atoms with Crippen LogP contribution in [0.1, 0.15) is 17.0 Å². The molecule has 0 unspecified atom stereocenters. The number of aromatic nitrogens is 3. The third-order valence-electron chi connectivity index (χ3n) is 3.57. The van der Waals surface area contributed by atoms with E-state index in [-0.39, 0.29) is 5.56 Å². The number of nitrogens with zero attached hydrogens (tertiary/aromatic N) is 3. The molecular formula is C19H12BrN3OS. The number of rotatable bonds is 3. The van der Waals surface area contributed by atoms with Gasteiger partial charge in [0.15, 0.2) is 5.82 Å². The van der Waals surface area contributed by atoms with Gasteiger partial charge in [-0.3, -0.25) is 4.79 Å². The van der Waals surface area contributed by atoms with E-state index in [1.165, 1.54) is 15.9 Å². The first-order chi connectivity index (χ1) is 12.2. The summed E-state index contributed by atoms with van der Waals surface area (Å²) in [5.41, 5.74) is 1.87. The van der Waals surface area contributed by atoms with Gasteiger partial charge in [0.05, 0.1) is 4.53 Å². The molecule has 0 aliphatic carbocycles. The first kappa shape index (κ1) is 15.9. The molecular weight excluding hydrogens is 398 g/mol. The zero-order chi connectivity index (χ0) is 17.2. The second-order valence-corrected chi connectivity index (χ2v) is 7.30. The molecule has 0 saturated carbocycles. The van der Waals surface area contributed by atoms with Crippen molar-refractivity contribution in [2.75, 3.05) is 0 Å². The molecule has 0 atom stereocenters. The van der Waals surface area contributed by atoms with Crippen molar-refractivity contribution in [3.8, 4) is 0 Å². The van der Waals surface area contributed by atoms with Gasteiger partial charge in [-0.1, -0.05) is 75.8 Å². The van der Waals surface area contributed by atoms with E-state index in [2.05, 4.69) is 26.0 Å². The molecule has 0 spiro atoms. The molecule has 4 rings (SSSR count). The molecule has 0 N–H and O–H groups in total. The molecule has 0 aliphatic heterocycles. The van der Waals surface area contributed by atoms with Crippen molar-refractivity contribution in [2.24, 2.45) is 0 Å². The smallest absolute Gasteiger partial charge is 0.266 e. The number of benzene rings is 2. The molecule has 2 aromatic heterocycles. The fraction of sp³-hybridized carbons (Fsp3) is 0. The quantitative estimate of drug-likeness (QED) is 0.518. The number of hydrogen-bond acceptors (Lipinski definition) is 4. The fourth-order valence-corrected chi connectivity index (χ4v) is 3.73. The highest BCUT2D eigenvalue weighted by atomic mass is 79.9. The highest BCUT2D eigenvalue weighted by molar-refractivity contribution is 9.10. The van der Waals surface area contributed by atoms with Gasteiger partial charge in [0.1, 0.15) is 0 Å². The molecule has 122 valence electrons. The first-order valence-corrected chi connectivity index (χ1v) is 9.20. The third kappa shape index (κ3) is 3.45. The van der Waals surface area contributed by atoms with Crippen LogP contribution in [-0.4, -0.2) is 14.6 Å². The normalized spacial score (nSPS) is 12.4. The second kappa shape index (κ2) is 6.74. The van der Waals surface area contributed by atoms with Crippen molar-refractivity contribution in [1.29, 1.82) is 0 Å². The minimum Gasteiger partial charge on any atom is -0.266 e. The van der Waals surface area contributed by atoms with Crippen molar-refractivity contribution >= 4 is 50.5 Å². The lowest BCUT2D eigenvalue weighted by molar-refractivity contribution is 0.925. The predicted molar refractivity (Wildman–Crippen MR) is 105 cm³/mol. The zero-order valence-electron chi connectivity index (χ0n) is 13.0. The number of hydrogen-bond donors (Lipinski definition) is 0. The molecule has 0 amide bonds. The average molecular weight is 410 g/mol. The Labute approximate surface area is 155 Å². The summed E-state index contributed by atoms with van der Waals surface area (Å²) in [6.07, 6.45) is 5.60. The minimum atomic E-state index is -0.146. The number of halogens is 1. The topological polar surface area (TPSA) is 47.3 Å². The number of thiazole rings is 1. The van der Waals surface area contributed by atoms with Gasteiger partial charge in [0, 0.05) is 4.47 Å². The SMILES string of the molecule is O=c1/c(=C/c2cccc(Br)c2)sc2nc(/C=C/c3ccccc3)nn12. The van der Waals surface area contributed by atoms with Crippen LogP contribution in [0.5, 0.6) is 0 Å². The van der Waals surface area contributed by atoms with Crippen LogP contribution in [0.25, 0.3) is 23.2 Å². The lowest BCUT2D eigenvalue weighted by Gasteiger charge is -1.92. The van der Waals surface area contributed by atoms with E-state index in [1.807, 2.05) is 72.8 Å². The fourth-order valence-electron chi connectivity index (χ4n) is 2.40. The highest BCUT2D eigenvalue weighted by Gasteiger charge is 2.08. The van der Waals surface area contributed by atoms with Gasteiger partial charge in [-0.05, 0) is 35.4 Å². The van der Waals surface area contributed by atoms with Crippen LogP contribution in [0.2, 0.25) is 0 Å². The first-order valence-electron chi connectivity index (χ1n) is 7.59. The summed E-state index contributed by atoms with van der Waals surface area (Å²) in [6, 6.07) is 17.7. The summed E-state index contributed by atoms with van der Waals surface area (Å²) >= 11 is 4.77. The molecule has 6 heteroatoms. The predicted octanol–water partition coefficient (Wildman–Crippen LogP) is 3.63. The van der Waals surface area contributed by atoms with Crippen LogP contribution in [0, 0.1) is 0 Å². The van der Waals surface area contributed by atoms with Crippen LogP contribution >= 0.6 is 27.3 Å². The van der Waals surface area contributed by atoms with E-state index in [0.29, 0.717) is 15.3 Å². The lowest BCUT2D eigenvalue weighted by atomic mass is 10.2. The molecule has 0 saturated heterocycles. The van der Waals surface area contributed by atoms with E-state index in [9.17, 15) is 4.79 Å². The summed E-state index contributed by atoms with van der Waals surface area (Å²) < 4.78 is 2.95. The standard InChI is InChI=1S/C19H12BrN3OS/c20-15-8-4-7-14(11-15)12-16-18(24)23-19(25-16)21-17(22-23)10-9-13-5-2-1-3-6-13/h1-12H/b10-9+,16-12-. The summed E-state index contributed by atoms with van der Waals surface area (Å²) in [5.74, 6) is 0.529. The second-order valence-electron chi connectivity index (χ2n) is 5.38. The molecule has 0 fully saturated rings. The molecule has 0 radical (unpaired) electrons. The maximum absolute atomic E-state index is 12.5. The van der Waals surface area contributed by atoms with Crippen LogP contribution < -0.4 is 10.1 Å². The van der Waals surface area contributed by atoms with Crippen LogP contribution in [-0.2, 0) is 0 Å². The molecule has 25 heavy (non-hydrogen) atoms. The van der Waals surface area contributed by atoms with Crippen LogP contribution in [0.15, 0.2) is 63.9 Å². The van der Waals surface area contributed by atoms with Crippen molar-refractivity contribution in [2.45, 2.75) is 0 Å². The monoisotopic (exact) mass is 409 g/mol. The molecule has 0 bridgehead atoms. The van der Waals surface area contributed by atoms with Crippen LogP contribution in [0.3, 0.4) is 0 Å². The maximum Gasteiger partial charge on any atom is 0.291 e. The Morgan fingerprint density at radius 1 is 1.00 bits per heavy atom. The van der Waals surface area contributed by atoms with Gasteiger partial charge in [0.25, 0.3) is 5.56 Å².